The van der Waals surface area contributed by atoms with E-state index < -0.39 is 12.0 Å². The van der Waals surface area contributed by atoms with E-state index in [1.165, 1.54) is 0 Å². The first-order chi connectivity index (χ1) is 5.49. The molecule has 0 saturated carbocycles. The van der Waals surface area contributed by atoms with E-state index >= 15 is 0 Å². The molecule has 0 fully saturated rings. The van der Waals surface area contributed by atoms with Crippen LogP contribution in [0.4, 0.5) is 0 Å². The van der Waals surface area contributed by atoms with E-state index in [0.29, 0.717) is 12.6 Å². The SMILES string of the molecule is CNC(CN(C)C(C)C)C(=O)O. The smallest absolute Gasteiger partial charge is 0.322 e. The van der Waals surface area contributed by atoms with Crippen molar-refractivity contribution in [2.45, 2.75) is 25.9 Å². The number of likely N-dealkylation sites (N-methyl/N-ethyl adjacent to an activating group) is 2. The molecule has 1 unspecified atom stereocenters. The molecule has 0 radical (unpaired) electrons. The summed E-state index contributed by atoms with van der Waals surface area (Å²) >= 11 is 0. The number of carboxylic acid groups (broad SMARTS) is 1. The van der Waals surface area contributed by atoms with Gasteiger partial charge in [0.05, 0.1) is 0 Å². The lowest BCUT2D eigenvalue weighted by Crippen LogP contribution is -2.45. The monoisotopic (exact) mass is 174 g/mol. The van der Waals surface area contributed by atoms with Crippen molar-refractivity contribution >= 4 is 5.97 Å². The van der Waals surface area contributed by atoms with Crippen LogP contribution in [0.1, 0.15) is 13.8 Å². The van der Waals surface area contributed by atoms with Gasteiger partial charge in [-0.25, -0.2) is 0 Å². The highest BCUT2D eigenvalue weighted by atomic mass is 16.4. The molecule has 1 atom stereocenters. The van der Waals surface area contributed by atoms with Crippen LogP contribution in [0.2, 0.25) is 0 Å². The van der Waals surface area contributed by atoms with Crippen molar-refractivity contribution in [3.05, 3.63) is 0 Å². The van der Waals surface area contributed by atoms with Gasteiger partial charge in [-0.05, 0) is 27.9 Å². The number of hydrogen-bond acceptors (Lipinski definition) is 3. The van der Waals surface area contributed by atoms with E-state index in [1.807, 2.05) is 25.8 Å². The van der Waals surface area contributed by atoms with Crippen LogP contribution < -0.4 is 5.32 Å². The fourth-order valence-corrected chi connectivity index (χ4v) is 0.792. The Morgan fingerprint density at radius 3 is 2.33 bits per heavy atom. The van der Waals surface area contributed by atoms with Gasteiger partial charge in [0.15, 0.2) is 0 Å². The second kappa shape index (κ2) is 5.11. The first-order valence-corrected chi connectivity index (χ1v) is 4.09. The fourth-order valence-electron chi connectivity index (χ4n) is 0.792. The summed E-state index contributed by atoms with van der Waals surface area (Å²) in [5.41, 5.74) is 0. The first-order valence-electron chi connectivity index (χ1n) is 4.09. The summed E-state index contributed by atoms with van der Waals surface area (Å²) in [5.74, 6) is -0.801. The Hall–Kier alpha value is -0.610. The molecule has 0 aromatic heterocycles. The molecule has 0 aromatic rings. The van der Waals surface area contributed by atoms with Gasteiger partial charge in [-0.15, -0.1) is 0 Å². The third kappa shape index (κ3) is 3.69. The molecule has 0 aliphatic rings. The van der Waals surface area contributed by atoms with Crippen LogP contribution in [0.25, 0.3) is 0 Å². The van der Waals surface area contributed by atoms with Crippen molar-refractivity contribution in [1.29, 1.82) is 0 Å². The highest BCUT2D eigenvalue weighted by Gasteiger charge is 2.17. The van der Waals surface area contributed by atoms with Crippen molar-refractivity contribution in [1.82, 2.24) is 10.2 Å². The summed E-state index contributed by atoms with van der Waals surface area (Å²) in [5, 5.41) is 11.5. The predicted molar refractivity (Wildman–Crippen MR) is 48.2 cm³/mol. The number of rotatable bonds is 5. The Kier molecular flexibility index (Phi) is 4.85. The third-order valence-electron chi connectivity index (χ3n) is 2.00. The standard InChI is InChI=1S/C8H18N2O2/c1-6(2)10(4)5-7(9-3)8(11)12/h6-7,9H,5H2,1-4H3,(H,11,12). The lowest BCUT2D eigenvalue weighted by molar-refractivity contribution is -0.139. The van der Waals surface area contributed by atoms with Crippen LogP contribution in [0.5, 0.6) is 0 Å². The highest BCUT2D eigenvalue weighted by molar-refractivity contribution is 5.73. The van der Waals surface area contributed by atoms with Crippen LogP contribution in [0, 0.1) is 0 Å². The third-order valence-corrected chi connectivity index (χ3v) is 2.00. The van der Waals surface area contributed by atoms with Gasteiger partial charge in [-0.3, -0.25) is 4.79 Å². The maximum Gasteiger partial charge on any atom is 0.322 e. The van der Waals surface area contributed by atoms with Crippen LogP contribution in [-0.2, 0) is 4.79 Å². The van der Waals surface area contributed by atoms with E-state index in [4.69, 9.17) is 5.11 Å². The maximum absolute atomic E-state index is 10.6. The summed E-state index contributed by atoms with van der Waals surface area (Å²) in [7, 11) is 3.57. The van der Waals surface area contributed by atoms with Crippen LogP contribution >= 0.6 is 0 Å². The van der Waals surface area contributed by atoms with Crippen LogP contribution in [-0.4, -0.2) is 48.7 Å². The Bertz CT molecular complexity index is 148. The lowest BCUT2D eigenvalue weighted by atomic mass is 10.2. The highest BCUT2D eigenvalue weighted by Crippen LogP contribution is 1.95. The Labute approximate surface area is 73.6 Å². The summed E-state index contributed by atoms with van der Waals surface area (Å²) < 4.78 is 0. The minimum Gasteiger partial charge on any atom is -0.480 e. The molecule has 0 bridgehead atoms. The van der Waals surface area contributed by atoms with Crippen molar-refractivity contribution in [3.63, 3.8) is 0 Å². The van der Waals surface area contributed by atoms with Gasteiger partial charge in [0.25, 0.3) is 0 Å². The van der Waals surface area contributed by atoms with Crippen molar-refractivity contribution in [2.75, 3.05) is 20.6 Å². The molecule has 0 aliphatic heterocycles. The zero-order chi connectivity index (χ0) is 9.72. The molecule has 4 nitrogen and oxygen atoms in total. The van der Waals surface area contributed by atoms with Gasteiger partial charge in [-0.1, -0.05) is 0 Å². The molecule has 0 aromatic carbocycles. The second-order valence-electron chi connectivity index (χ2n) is 3.21. The largest absolute Gasteiger partial charge is 0.480 e. The van der Waals surface area contributed by atoms with E-state index in [1.54, 1.807) is 7.05 Å². The zero-order valence-electron chi connectivity index (χ0n) is 8.16. The Morgan fingerprint density at radius 1 is 1.58 bits per heavy atom. The number of carbonyl (C=O) groups is 1. The molecule has 12 heavy (non-hydrogen) atoms. The van der Waals surface area contributed by atoms with E-state index in [-0.39, 0.29) is 0 Å². The quantitative estimate of drug-likeness (QED) is 0.616. The zero-order valence-corrected chi connectivity index (χ0v) is 8.16. The summed E-state index contributed by atoms with van der Waals surface area (Å²) in [6.45, 7) is 4.60. The number of carboxylic acids is 1. The predicted octanol–water partition coefficient (Wildman–Crippen LogP) is -0.000800. The molecule has 0 heterocycles. The molecule has 0 rings (SSSR count). The molecular formula is C8H18N2O2. The Morgan fingerprint density at radius 2 is 2.08 bits per heavy atom. The maximum atomic E-state index is 10.6. The lowest BCUT2D eigenvalue weighted by Gasteiger charge is -2.24. The van der Waals surface area contributed by atoms with Gasteiger partial charge in [0.1, 0.15) is 6.04 Å². The first kappa shape index (κ1) is 11.4. The van der Waals surface area contributed by atoms with Crippen molar-refractivity contribution < 1.29 is 9.90 Å². The average Bonchev–Trinajstić information content (AvgIpc) is 1.98. The molecule has 72 valence electrons. The number of hydrogen-bond donors (Lipinski definition) is 2. The molecule has 0 spiro atoms. The van der Waals surface area contributed by atoms with E-state index in [0.717, 1.165) is 0 Å². The summed E-state index contributed by atoms with van der Waals surface area (Å²) in [6, 6.07) is -0.0994. The van der Waals surface area contributed by atoms with Gasteiger partial charge in [0, 0.05) is 12.6 Å². The van der Waals surface area contributed by atoms with E-state index in [9.17, 15) is 4.79 Å². The minimum absolute atomic E-state index is 0.375. The van der Waals surface area contributed by atoms with Crippen molar-refractivity contribution in [2.24, 2.45) is 0 Å². The molecule has 2 N–H and O–H groups in total. The summed E-state index contributed by atoms with van der Waals surface area (Å²) in [6.07, 6.45) is 0. The van der Waals surface area contributed by atoms with Gasteiger partial charge in [-0.2, -0.15) is 0 Å². The van der Waals surface area contributed by atoms with Gasteiger partial charge >= 0.3 is 5.97 Å². The molecule has 0 saturated heterocycles. The topological polar surface area (TPSA) is 52.6 Å². The van der Waals surface area contributed by atoms with Gasteiger partial charge < -0.3 is 15.3 Å². The fraction of sp³-hybridized carbons (Fsp3) is 0.875. The van der Waals surface area contributed by atoms with Gasteiger partial charge in [0.2, 0.25) is 0 Å². The molecule has 0 amide bonds. The average molecular weight is 174 g/mol. The minimum atomic E-state index is -0.801. The number of nitrogens with zero attached hydrogens (tertiary/aromatic N) is 1. The summed E-state index contributed by atoms with van der Waals surface area (Å²) in [4.78, 5) is 12.6. The molecule has 0 aliphatic carbocycles. The van der Waals surface area contributed by atoms with Crippen molar-refractivity contribution in [3.8, 4) is 0 Å². The second-order valence-corrected chi connectivity index (χ2v) is 3.21. The molecular weight excluding hydrogens is 156 g/mol. The number of nitrogens with one attached hydrogen (secondary N) is 1. The Balaban J connectivity index is 3.94. The van der Waals surface area contributed by atoms with Crippen LogP contribution in [0.3, 0.4) is 0 Å². The van der Waals surface area contributed by atoms with E-state index in [2.05, 4.69) is 5.32 Å². The normalized spacial score (nSPS) is 13.8. The number of aliphatic carboxylic acids is 1. The molecule has 4 heteroatoms. The van der Waals surface area contributed by atoms with Crippen LogP contribution in [0.15, 0.2) is 0 Å².